The minimum absolute atomic E-state index is 0.429. The van der Waals surface area contributed by atoms with E-state index < -0.39 is 0 Å². The summed E-state index contributed by atoms with van der Waals surface area (Å²) in [6.45, 7) is 4.27. The van der Waals surface area contributed by atoms with Crippen molar-refractivity contribution in [2.45, 2.75) is 19.8 Å². The predicted molar refractivity (Wildman–Crippen MR) is 52.6 cm³/mol. The minimum atomic E-state index is 0.429. The van der Waals surface area contributed by atoms with Crippen LogP contribution in [0.15, 0.2) is 18.3 Å². The topological polar surface area (TPSA) is 30.7 Å². The number of nitrogens with zero attached hydrogens (tertiary/aromatic N) is 3. The van der Waals surface area contributed by atoms with Crippen LogP contribution < -0.4 is 0 Å². The van der Waals surface area contributed by atoms with Gasteiger partial charge in [-0.1, -0.05) is 13.8 Å². The summed E-state index contributed by atoms with van der Waals surface area (Å²) >= 11 is 0. The molecule has 0 aliphatic carbocycles. The van der Waals surface area contributed by atoms with Crippen LogP contribution in [0.5, 0.6) is 0 Å². The third-order valence-corrected chi connectivity index (χ3v) is 2.18. The van der Waals surface area contributed by atoms with Crippen molar-refractivity contribution in [2.75, 3.05) is 0 Å². The summed E-state index contributed by atoms with van der Waals surface area (Å²) in [4.78, 5) is 4.34. The normalized spacial score (nSPS) is 11.4. The van der Waals surface area contributed by atoms with E-state index in [9.17, 15) is 0 Å². The molecule has 0 amide bonds. The number of pyridine rings is 1. The van der Waals surface area contributed by atoms with Crippen molar-refractivity contribution in [3.05, 3.63) is 24.0 Å². The molecule has 2 heterocycles. The molecular formula is C10H13N3. The highest BCUT2D eigenvalue weighted by Crippen LogP contribution is 2.21. The fourth-order valence-corrected chi connectivity index (χ4v) is 1.51. The van der Waals surface area contributed by atoms with E-state index in [1.807, 2.05) is 30.1 Å². The third-order valence-electron chi connectivity index (χ3n) is 2.18. The first-order valence-electron chi connectivity index (χ1n) is 4.47. The fraction of sp³-hybridized carbons (Fsp3) is 0.400. The van der Waals surface area contributed by atoms with Crippen LogP contribution >= 0.6 is 0 Å². The highest BCUT2D eigenvalue weighted by molar-refractivity contribution is 5.77. The smallest absolute Gasteiger partial charge is 0.112 e. The maximum atomic E-state index is 4.44. The van der Waals surface area contributed by atoms with Crippen LogP contribution in [-0.4, -0.2) is 14.8 Å². The quantitative estimate of drug-likeness (QED) is 0.664. The number of hydrogen-bond acceptors (Lipinski definition) is 2. The molecule has 13 heavy (non-hydrogen) atoms. The molecule has 2 aromatic heterocycles. The highest BCUT2D eigenvalue weighted by Gasteiger charge is 2.11. The van der Waals surface area contributed by atoms with Gasteiger partial charge >= 0.3 is 0 Å². The van der Waals surface area contributed by atoms with Crippen LogP contribution in [0.2, 0.25) is 0 Å². The zero-order chi connectivity index (χ0) is 9.42. The van der Waals surface area contributed by atoms with Crippen molar-refractivity contribution in [3.8, 4) is 0 Å². The van der Waals surface area contributed by atoms with Gasteiger partial charge in [-0.15, -0.1) is 0 Å². The second kappa shape index (κ2) is 2.83. The molecule has 0 aliphatic heterocycles. The van der Waals surface area contributed by atoms with Gasteiger partial charge in [0.05, 0.1) is 11.2 Å². The lowest BCUT2D eigenvalue weighted by molar-refractivity contribution is 0.728. The average molecular weight is 175 g/mol. The predicted octanol–water partition coefficient (Wildman–Crippen LogP) is 2.09. The Balaban J connectivity index is 2.78. The van der Waals surface area contributed by atoms with Crippen LogP contribution in [0.3, 0.4) is 0 Å². The second-order valence-corrected chi connectivity index (χ2v) is 3.53. The first-order chi connectivity index (χ1) is 6.20. The van der Waals surface area contributed by atoms with Gasteiger partial charge in [-0.05, 0) is 18.1 Å². The molecule has 0 radical (unpaired) electrons. The van der Waals surface area contributed by atoms with Gasteiger partial charge < -0.3 is 0 Å². The van der Waals surface area contributed by atoms with Crippen LogP contribution in [0.4, 0.5) is 0 Å². The Hall–Kier alpha value is -1.38. The molecule has 0 saturated carbocycles. The SMILES string of the molecule is CC(C)c1nn(C)c2cccnc12. The molecule has 0 saturated heterocycles. The number of hydrogen-bond donors (Lipinski definition) is 0. The monoisotopic (exact) mass is 175 g/mol. The van der Waals surface area contributed by atoms with Crippen molar-refractivity contribution in [1.29, 1.82) is 0 Å². The zero-order valence-corrected chi connectivity index (χ0v) is 8.15. The van der Waals surface area contributed by atoms with Crippen LogP contribution in [0.25, 0.3) is 11.0 Å². The molecule has 0 fully saturated rings. The Morgan fingerprint density at radius 2 is 2.15 bits per heavy atom. The molecule has 2 aromatic rings. The molecule has 0 atom stereocenters. The summed E-state index contributed by atoms with van der Waals surface area (Å²) in [5, 5.41) is 4.44. The summed E-state index contributed by atoms with van der Waals surface area (Å²) in [5.41, 5.74) is 3.21. The summed E-state index contributed by atoms with van der Waals surface area (Å²) in [6.07, 6.45) is 1.82. The van der Waals surface area contributed by atoms with Gasteiger partial charge in [0, 0.05) is 13.2 Å². The van der Waals surface area contributed by atoms with Crippen molar-refractivity contribution < 1.29 is 0 Å². The molecule has 0 unspecified atom stereocenters. The van der Waals surface area contributed by atoms with Crippen molar-refractivity contribution in [2.24, 2.45) is 7.05 Å². The lowest BCUT2D eigenvalue weighted by Crippen LogP contribution is -1.93. The number of fused-ring (bicyclic) bond motifs is 1. The molecule has 0 aromatic carbocycles. The Kier molecular flexibility index (Phi) is 1.79. The molecule has 0 N–H and O–H groups in total. The standard InChI is InChI=1S/C10H13N3/c1-7(2)9-10-8(13(3)12-9)5-4-6-11-10/h4-7H,1-3H3. The number of rotatable bonds is 1. The first kappa shape index (κ1) is 8.23. The fourth-order valence-electron chi connectivity index (χ4n) is 1.51. The summed E-state index contributed by atoms with van der Waals surface area (Å²) < 4.78 is 1.89. The van der Waals surface area contributed by atoms with Crippen LogP contribution in [0.1, 0.15) is 25.5 Å². The largest absolute Gasteiger partial charge is 0.266 e. The van der Waals surface area contributed by atoms with Gasteiger partial charge in [0.2, 0.25) is 0 Å². The maximum Gasteiger partial charge on any atom is 0.112 e. The van der Waals surface area contributed by atoms with E-state index >= 15 is 0 Å². The molecule has 3 heteroatoms. The van der Waals surface area contributed by atoms with Crippen LogP contribution in [0, 0.1) is 0 Å². The molecule has 0 aliphatic rings. The van der Waals surface area contributed by atoms with E-state index in [0.29, 0.717) is 5.92 Å². The van der Waals surface area contributed by atoms with E-state index in [1.165, 1.54) is 0 Å². The summed E-state index contributed by atoms with van der Waals surface area (Å²) in [7, 11) is 1.95. The van der Waals surface area contributed by atoms with E-state index in [4.69, 9.17) is 0 Å². The first-order valence-corrected chi connectivity index (χ1v) is 4.47. The number of aromatic nitrogens is 3. The lowest BCUT2D eigenvalue weighted by Gasteiger charge is -1.97. The summed E-state index contributed by atoms with van der Waals surface area (Å²) in [5.74, 6) is 0.429. The second-order valence-electron chi connectivity index (χ2n) is 3.53. The van der Waals surface area contributed by atoms with Gasteiger partial charge in [0.15, 0.2) is 0 Å². The molecule has 0 spiro atoms. The van der Waals surface area contributed by atoms with Gasteiger partial charge in [0.1, 0.15) is 5.52 Å². The average Bonchev–Trinajstić information content (AvgIpc) is 2.45. The van der Waals surface area contributed by atoms with Gasteiger partial charge in [0.25, 0.3) is 0 Å². The van der Waals surface area contributed by atoms with Crippen molar-refractivity contribution >= 4 is 11.0 Å². The van der Waals surface area contributed by atoms with Crippen molar-refractivity contribution in [3.63, 3.8) is 0 Å². The summed E-state index contributed by atoms with van der Waals surface area (Å²) in [6, 6.07) is 3.98. The van der Waals surface area contributed by atoms with Gasteiger partial charge in [-0.3, -0.25) is 9.67 Å². The van der Waals surface area contributed by atoms with E-state index in [2.05, 4.69) is 23.9 Å². The zero-order valence-electron chi connectivity index (χ0n) is 8.15. The Labute approximate surface area is 77.4 Å². The Bertz CT molecular complexity index is 429. The number of aryl methyl sites for hydroxylation is 1. The third kappa shape index (κ3) is 1.20. The van der Waals surface area contributed by atoms with Gasteiger partial charge in [-0.25, -0.2) is 0 Å². The minimum Gasteiger partial charge on any atom is -0.266 e. The Morgan fingerprint density at radius 1 is 1.38 bits per heavy atom. The maximum absolute atomic E-state index is 4.44. The Morgan fingerprint density at radius 3 is 2.85 bits per heavy atom. The molecule has 2 rings (SSSR count). The highest BCUT2D eigenvalue weighted by atomic mass is 15.3. The van der Waals surface area contributed by atoms with Crippen LogP contribution in [-0.2, 0) is 7.05 Å². The molecule has 0 bridgehead atoms. The van der Waals surface area contributed by atoms with Gasteiger partial charge in [-0.2, -0.15) is 5.10 Å². The van der Waals surface area contributed by atoms with E-state index in [1.54, 1.807) is 0 Å². The molecular weight excluding hydrogens is 162 g/mol. The molecule has 68 valence electrons. The van der Waals surface area contributed by atoms with E-state index in [-0.39, 0.29) is 0 Å². The lowest BCUT2D eigenvalue weighted by atomic mass is 10.1. The van der Waals surface area contributed by atoms with E-state index in [0.717, 1.165) is 16.7 Å². The molecule has 3 nitrogen and oxygen atoms in total. The van der Waals surface area contributed by atoms with Crippen molar-refractivity contribution in [1.82, 2.24) is 14.8 Å².